The highest BCUT2D eigenvalue weighted by atomic mass is 35.5. The molecule has 10 heavy (non-hydrogen) atoms. The lowest BCUT2D eigenvalue weighted by Crippen LogP contribution is -1.79. The molecule has 50 valence electrons. The highest BCUT2D eigenvalue weighted by Crippen LogP contribution is 2.09. The Hall–Kier alpha value is -1.02. The molecule has 0 bridgehead atoms. The monoisotopic (exact) mass is 152 g/mol. The maximum Gasteiger partial charge on any atom is 0.207 e. The molecule has 2 nitrogen and oxygen atoms in total. The van der Waals surface area contributed by atoms with E-state index in [2.05, 4.69) is 4.98 Å². The standard InChI is InChI=1S/C7H5ClN2/c8-7-9-5-6-3-1-2-4-10(6)7/h1-5H. The lowest BCUT2D eigenvalue weighted by molar-refractivity contribution is 1.15. The maximum atomic E-state index is 5.72. The number of halogens is 1. The molecule has 2 aromatic heterocycles. The second-order valence-corrected chi connectivity index (χ2v) is 2.36. The second kappa shape index (κ2) is 1.99. The van der Waals surface area contributed by atoms with E-state index in [0.29, 0.717) is 5.28 Å². The van der Waals surface area contributed by atoms with Crippen molar-refractivity contribution in [1.82, 2.24) is 9.38 Å². The molecule has 0 saturated heterocycles. The zero-order valence-corrected chi connectivity index (χ0v) is 5.92. The van der Waals surface area contributed by atoms with E-state index in [9.17, 15) is 0 Å². The van der Waals surface area contributed by atoms with Gasteiger partial charge in [0.05, 0.1) is 11.7 Å². The fourth-order valence-corrected chi connectivity index (χ4v) is 1.11. The molecule has 0 atom stereocenters. The van der Waals surface area contributed by atoms with E-state index in [0.717, 1.165) is 5.52 Å². The van der Waals surface area contributed by atoms with Crippen molar-refractivity contribution in [3.05, 3.63) is 35.9 Å². The van der Waals surface area contributed by atoms with Crippen LogP contribution in [0.4, 0.5) is 0 Å². The topological polar surface area (TPSA) is 17.3 Å². The average Bonchev–Trinajstić information content (AvgIpc) is 2.34. The van der Waals surface area contributed by atoms with Gasteiger partial charge < -0.3 is 0 Å². The molecule has 2 rings (SSSR count). The van der Waals surface area contributed by atoms with Gasteiger partial charge in [0.25, 0.3) is 0 Å². The summed E-state index contributed by atoms with van der Waals surface area (Å²) in [6.45, 7) is 0. The second-order valence-electron chi connectivity index (χ2n) is 2.02. The zero-order chi connectivity index (χ0) is 6.97. The number of nitrogens with zero attached hydrogens (tertiary/aromatic N) is 2. The van der Waals surface area contributed by atoms with Crippen molar-refractivity contribution < 1.29 is 0 Å². The number of rotatable bonds is 0. The van der Waals surface area contributed by atoms with E-state index in [-0.39, 0.29) is 0 Å². The molecule has 0 saturated carbocycles. The summed E-state index contributed by atoms with van der Waals surface area (Å²) < 4.78 is 1.82. The number of aromatic nitrogens is 2. The van der Waals surface area contributed by atoms with Crippen LogP contribution in [0.2, 0.25) is 5.28 Å². The maximum absolute atomic E-state index is 5.72. The predicted molar refractivity (Wildman–Crippen MR) is 40.2 cm³/mol. The average molecular weight is 153 g/mol. The molecule has 0 aliphatic heterocycles. The molecular formula is C7H5ClN2. The first-order valence-electron chi connectivity index (χ1n) is 2.95. The van der Waals surface area contributed by atoms with E-state index < -0.39 is 0 Å². The van der Waals surface area contributed by atoms with Gasteiger partial charge in [0.1, 0.15) is 0 Å². The number of imidazole rings is 1. The minimum absolute atomic E-state index is 0.510. The quantitative estimate of drug-likeness (QED) is 0.564. The number of hydrogen-bond acceptors (Lipinski definition) is 1. The van der Waals surface area contributed by atoms with Gasteiger partial charge in [-0.3, -0.25) is 4.40 Å². The number of pyridine rings is 1. The minimum atomic E-state index is 0.510. The molecule has 0 spiro atoms. The van der Waals surface area contributed by atoms with Crippen molar-refractivity contribution in [1.29, 1.82) is 0 Å². The zero-order valence-electron chi connectivity index (χ0n) is 5.16. The van der Waals surface area contributed by atoms with Gasteiger partial charge in [-0.05, 0) is 23.7 Å². The van der Waals surface area contributed by atoms with Crippen LogP contribution >= 0.6 is 11.6 Å². The normalized spacial score (nSPS) is 10.5. The number of fused-ring (bicyclic) bond motifs is 1. The fraction of sp³-hybridized carbons (Fsp3) is 0. The van der Waals surface area contributed by atoms with Gasteiger partial charge in [-0.15, -0.1) is 0 Å². The van der Waals surface area contributed by atoms with E-state index >= 15 is 0 Å². The molecular weight excluding hydrogens is 148 g/mol. The van der Waals surface area contributed by atoms with Crippen LogP contribution in [0.1, 0.15) is 0 Å². The Morgan fingerprint density at radius 1 is 1.40 bits per heavy atom. The summed E-state index contributed by atoms with van der Waals surface area (Å²) in [5.74, 6) is 0. The molecule has 2 heterocycles. The van der Waals surface area contributed by atoms with E-state index in [4.69, 9.17) is 11.6 Å². The SMILES string of the molecule is Clc1ncc2ccccn12. The highest BCUT2D eigenvalue weighted by molar-refractivity contribution is 6.28. The number of hydrogen-bond donors (Lipinski definition) is 0. The van der Waals surface area contributed by atoms with Gasteiger partial charge in [-0.2, -0.15) is 0 Å². The lowest BCUT2D eigenvalue weighted by atomic mass is 10.4. The molecule has 0 aromatic carbocycles. The molecule has 2 aromatic rings. The smallest absolute Gasteiger partial charge is 0.207 e. The first-order valence-corrected chi connectivity index (χ1v) is 3.33. The Bertz CT molecular complexity index is 353. The summed E-state index contributed by atoms with van der Waals surface area (Å²) in [6, 6.07) is 5.83. The summed E-state index contributed by atoms with van der Waals surface area (Å²) in [5.41, 5.74) is 1.02. The summed E-state index contributed by atoms with van der Waals surface area (Å²) >= 11 is 5.72. The molecule has 0 N–H and O–H groups in total. The molecule has 0 unspecified atom stereocenters. The van der Waals surface area contributed by atoms with Gasteiger partial charge >= 0.3 is 0 Å². The van der Waals surface area contributed by atoms with Crippen LogP contribution in [-0.2, 0) is 0 Å². The largest absolute Gasteiger partial charge is 0.291 e. The van der Waals surface area contributed by atoms with Crippen molar-refractivity contribution in [3.63, 3.8) is 0 Å². The molecule has 0 fully saturated rings. The third kappa shape index (κ3) is 0.693. The van der Waals surface area contributed by atoms with Crippen LogP contribution in [0.5, 0.6) is 0 Å². The van der Waals surface area contributed by atoms with Crippen molar-refractivity contribution >= 4 is 17.1 Å². The van der Waals surface area contributed by atoms with Crippen LogP contribution in [0.3, 0.4) is 0 Å². The third-order valence-corrected chi connectivity index (χ3v) is 1.67. The van der Waals surface area contributed by atoms with Crippen LogP contribution in [0.25, 0.3) is 5.52 Å². The summed E-state index contributed by atoms with van der Waals surface area (Å²) in [7, 11) is 0. The van der Waals surface area contributed by atoms with Gasteiger partial charge in [-0.25, -0.2) is 4.98 Å². The minimum Gasteiger partial charge on any atom is -0.291 e. The van der Waals surface area contributed by atoms with E-state index in [1.807, 2.05) is 28.8 Å². The first-order chi connectivity index (χ1) is 4.88. The predicted octanol–water partition coefficient (Wildman–Crippen LogP) is 1.99. The Labute approximate surface area is 63.1 Å². The van der Waals surface area contributed by atoms with Crippen molar-refractivity contribution in [3.8, 4) is 0 Å². The third-order valence-electron chi connectivity index (χ3n) is 1.39. The Morgan fingerprint density at radius 3 is 3.10 bits per heavy atom. The Kier molecular flexibility index (Phi) is 1.14. The van der Waals surface area contributed by atoms with Crippen LogP contribution in [0, 0.1) is 0 Å². The van der Waals surface area contributed by atoms with E-state index in [1.54, 1.807) is 6.20 Å². The van der Waals surface area contributed by atoms with Crippen molar-refractivity contribution in [2.45, 2.75) is 0 Å². The molecule has 0 aliphatic rings. The van der Waals surface area contributed by atoms with Crippen molar-refractivity contribution in [2.24, 2.45) is 0 Å². The van der Waals surface area contributed by atoms with Gasteiger partial charge in [-0.1, -0.05) is 6.07 Å². The van der Waals surface area contributed by atoms with E-state index in [1.165, 1.54) is 0 Å². The lowest BCUT2D eigenvalue weighted by Gasteiger charge is -1.90. The van der Waals surface area contributed by atoms with Gasteiger partial charge in [0.2, 0.25) is 5.28 Å². The van der Waals surface area contributed by atoms with Gasteiger partial charge in [0, 0.05) is 6.20 Å². The molecule has 0 amide bonds. The first kappa shape index (κ1) is 5.74. The Balaban J connectivity index is 2.93. The summed E-state index contributed by atoms with van der Waals surface area (Å²) in [4.78, 5) is 3.92. The highest BCUT2D eigenvalue weighted by Gasteiger charge is 1.95. The van der Waals surface area contributed by atoms with Crippen LogP contribution in [-0.4, -0.2) is 9.38 Å². The molecule has 3 heteroatoms. The van der Waals surface area contributed by atoms with Crippen molar-refractivity contribution in [2.75, 3.05) is 0 Å². The summed E-state index contributed by atoms with van der Waals surface area (Å²) in [5, 5.41) is 0.510. The fourth-order valence-electron chi connectivity index (χ4n) is 0.911. The van der Waals surface area contributed by atoms with Crippen LogP contribution < -0.4 is 0 Å². The summed E-state index contributed by atoms with van der Waals surface area (Å²) in [6.07, 6.45) is 3.62. The van der Waals surface area contributed by atoms with Crippen LogP contribution in [0.15, 0.2) is 30.6 Å². The Morgan fingerprint density at radius 2 is 2.30 bits per heavy atom. The molecule has 0 radical (unpaired) electrons. The van der Waals surface area contributed by atoms with Gasteiger partial charge in [0.15, 0.2) is 0 Å². The molecule has 0 aliphatic carbocycles.